The quantitative estimate of drug-likeness (QED) is 0.595. The van der Waals surface area contributed by atoms with Crippen LogP contribution >= 0.6 is 11.3 Å². The summed E-state index contributed by atoms with van der Waals surface area (Å²) in [5.74, 6) is 2.79. The Bertz CT molecular complexity index is 1040. The number of benzene rings is 1. The Hall–Kier alpha value is -2.80. The second kappa shape index (κ2) is 8.14. The molecule has 30 heavy (non-hydrogen) atoms. The molecule has 1 aliphatic carbocycles. The topological polar surface area (TPSA) is 73.6 Å². The molecule has 1 N–H and O–H groups in total. The molecule has 1 aromatic carbocycles. The average Bonchev–Trinajstić information content (AvgIpc) is 3.34. The number of hydrogen-bond donors (Lipinski definition) is 1. The van der Waals surface area contributed by atoms with Crippen LogP contribution in [0.4, 0.5) is 0 Å². The van der Waals surface area contributed by atoms with E-state index in [2.05, 4.69) is 24.1 Å². The summed E-state index contributed by atoms with van der Waals surface area (Å²) in [5.41, 5.74) is 4.28. The first kappa shape index (κ1) is 20.5. The maximum absolute atomic E-state index is 13.0. The van der Waals surface area contributed by atoms with Crippen molar-refractivity contribution in [3.8, 4) is 11.5 Å². The Balaban J connectivity index is 1.50. The number of nitrogens with one attached hydrogen (secondary N) is 1. The molecule has 1 atom stereocenters. The zero-order valence-corrected chi connectivity index (χ0v) is 18.5. The Morgan fingerprint density at radius 2 is 2.17 bits per heavy atom. The number of fused-ring (bicyclic) bond motifs is 1. The fourth-order valence-corrected chi connectivity index (χ4v) is 4.49. The predicted octanol–water partition coefficient (Wildman–Crippen LogP) is 5.08. The van der Waals surface area contributed by atoms with Gasteiger partial charge in [-0.15, -0.1) is 11.3 Å². The molecule has 0 fully saturated rings. The van der Waals surface area contributed by atoms with E-state index in [1.54, 1.807) is 30.8 Å². The fraction of sp³-hybridized carbons (Fsp3) is 0.391. The van der Waals surface area contributed by atoms with Crippen molar-refractivity contribution in [1.29, 1.82) is 0 Å². The molecule has 0 spiro atoms. The van der Waals surface area contributed by atoms with Gasteiger partial charge in [0.2, 0.25) is 0 Å². The van der Waals surface area contributed by atoms with Gasteiger partial charge in [0, 0.05) is 22.9 Å². The van der Waals surface area contributed by atoms with Gasteiger partial charge < -0.3 is 19.2 Å². The Morgan fingerprint density at radius 1 is 1.33 bits per heavy atom. The highest BCUT2D eigenvalue weighted by Gasteiger charge is 2.35. The number of hydrogen-bond acceptors (Lipinski definition) is 6. The van der Waals surface area contributed by atoms with Crippen molar-refractivity contribution >= 4 is 17.2 Å². The van der Waals surface area contributed by atoms with E-state index in [0.29, 0.717) is 23.7 Å². The maximum Gasteiger partial charge on any atom is 0.251 e. The van der Waals surface area contributed by atoms with Crippen LogP contribution in [0.2, 0.25) is 0 Å². The molecule has 1 amide bonds. The van der Waals surface area contributed by atoms with Gasteiger partial charge in [0.05, 0.1) is 24.4 Å². The molecule has 0 saturated heterocycles. The van der Waals surface area contributed by atoms with Crippen molar-refractivity contribution < 1.29 is 18.7 Å². The van der Waals surface area contributed by atoms with Crippen LogP contribution in [0.25, 0.3) is 0 Å². The van der Waals surface area contributed by atoms with Crippen LogP contribution in [0.3, 0.4) is 0 Å². The zero-order valence-electron chi connectivity index (χ0n) is 17.7. The van der Waals surface area contributed by atoms with Crippen LogP contribution in [0.15, 0.2) is 39.6 Å². The third-order valence-electron chi connectivity index (χ3n) is 5.33. The fourth-order valence-electron chi connectivity index (χ4n) is 3.94. The van der Waals surface area contributed by atoms with E-state index >= 15 is 0 Å². The van der Waals surface area contributed by atoms with E-state index in [0.717, 1.165) is 35.6 Å². The van der Waals surface area contributed by atoms with Gasteiger partial charge in [-0.05, 0) is 43.0 Å². The maximum atomic E-state index is 13.0. The van der Waals surface area contributed by atoms with E-state index in [4.69, 9.17) is 13.9 Å². The summed E-state index contributed by atoms with van der Waals surface area (Å²) in [4.78, 5) is 17.2. The molecule has 0 aliphatic heterocycles. The number of aryl methyl sites for hydroxylation is 1. The van der Waals surface area contributed by atoms with E-state index < -0.39 is 0 Å². The largest absolute Gasteiger partial charge is 0.493 e. The van der Waals surface area contributed by atoms with Gasteiger partial charge in [0.15, 0.2) is 11.5 Å². The SMILES string of the molecule is COc1cc(C(=O)NC2CC(C)(C)Cc3oc(C)cc32)ccc1OCc1cscn1. The highest BCUT2D eigenvalue weighted by molar-refractivity contribution is 7.07. The summed E-state index contributed by atoms with van der Waals surface area (Å²) in [7, 11) is 1.57. The van der Waals surface area contributed by atoms with Crippen molar-refractivity contribution in [3.63, 3.8) is 0 Å². The molecule has 2 heterocycles. The number of carbonyl (C=O) groups excluding carboxylic acids is 1. The van der Waals surface area contributed by atoms with Crippen LogP contribution in [0, 0.1) is 12.3 Å². The Kier molecular flexibility index (Phi) is 5.56. The Labute approximate surface area is 180 Å². The van der Waals surface area contributed by atoms with Gasteiger partial charge in [-0.1, -0.05) is 13.8 Å². The number of nitrogens with zero attached hydrogens (tertiary/aromatic N) is 1. The molecule has 4 rings (SSSR count). The van der Waals surface area contributed by atoms with E-state index in [1.807, 2.05) is 18.4 Å². The molecule has 7 heteroatoms. The van der Waals surface area contributed by atoms with Crippen LogP contribution in [-0.4, -0.2) is 18.0 Å². The molecule has 1 unspecified atom stereocenters. The predicted molar refractivity (Wildman–Crippen MR) is 115 cm³/mol. The zero-order chi connectivity index (χ0) is 21.3. The first-order chi connectivity index (χ1) is 14.3. The van der Waals surface area contributed by atoms with E-state index in [-0.39, 0.29) is 17.4 Å². The van der Waals surface area contributed by atoms with Gasteiger partial charge in [0.1, 0.15) is 18.1 Å². The van der Waals surface area contributed by atoms with Crippen molar-refractivity contribution in [2.24, 2.45) is 5.41 Å². The highest BCUT2D eigenvalue weighted by Crippen LogP contribution is 2.42. The molecule has 1 aliphatic rings. The monoisotopic (exact) mass is 426 g/mol. The number of carbonyl (C=O) groups is 1. The highest BCUT2D eigenvalue weighted by atomic mass is 32.1. The lowest BCUT2D eigenvalue weighted by Crippen LogP contribution is -2.36. The smallest absolute Gasteiger partial charge is 0.251 e. The van der Waals surface area contributed by atoms with Crippen LogP contribution in [0.5, 0.6) is 11.5 Å². The summed E-state index contributed by atoms with van der Waals surface area (Å²) in [6, 6.07) is 7.18. The van der Waals surface area contributed by atoms with Crippen molar-refractivity contribution in [2.75, 3.05) is 7.11 Å². The molecule has 3 aromatic rings. The summed E-state index contributed by atoms with van der Waals surface area (Å²) in [6.07, 6.45) is 1.73. The minimum atomic E-state index is -0.146. The van der Waals surface area contributed by atoms with Gasteiger partial charge >= 0.3 is 0 Å². The second-order valence-corrected chi connectivity index (χ2v) is 9.16. The van der Waals surface area contributed by atoms with Crippen molar-refractivity contribution in [3.05, 3.63) is 63.5 Å². The van der Waals surface area contributed by atoms with Gasteiger partial charge in [-0.2, -0.15) is 0 Å². The number of rotatable bonds is 6. The third kappa shape index (κ3) is 4.36. The van der Waals surface area contributed by atoms with E-state index in [9.17, 15) is 4.79 Å². The minimum Gasteiger partial charge on any atom is -0.493 e. The standard InChI is InChI=1S/C23H26N2O4S/c1-14-7-17-18(9-23(2,3)10-21(17)29-14)25-22(26)15-5-6-19(20(8-15)27-4)28-11-16-12-30-13-24-16/h5-8,12-13,18H,9-11H2,1-4H3,(H,25,26). The van der Waals surface area contributed by atoms with E-state index in [1.165, 1.54) is 11.3 Å². The lowest BCUT2D eigenvalue weighted by molar-refractivity contribution is 0.0917. The first-order valence-corrected chi connectivity index (χ1v) is 10.9. The molecule has 2 aromatic heterocycles. The molecule has 0 radical (unpaired) electrons. The number of furan rings is 1. The molecule has 0 saturated carbocycles. The van der Waals surface area contributed by atoms with Crippen molar-refractivity contribution in [2.45, 2.75) is 46.3 Å². The summed E-state index contributed by atoms with van der Waals surface area (Å²) in [6.45, 7) is 6.69. The number of amides is 1. The summed E-state index contributed by atoms with van der Waals surface area (Å²) in [5, 5.41) is 5.12. The Morgan fingerprint density at radius 3 is 2.90 bits per heavy atom. The normalized spacial score (nSPS) is 17.3. The van der Waals surface area contributed by atoms with Crippen LogP contribution in [-0.2, 0) is 13.0 Å². The number of aromatic nitrogens is 1. The number of thiazole rings is 1. The summed E-state index contributed by atoms with van der Waals surface area (Å²) >= 11 is 1.52. The van der Waals surface area contributed by atoms with Gasteiger partial charge in [-0.3, -0.25) is 4.79 Å². The second-order valence-electron chi connectivity index (χ2n) is 8.44. The van der Waals surface area contributed by atoms with Gasteiger partial charge in [-0.25, -0.2) is 4.98 Å². The molecular weight excluding hydrogens is 400 g/mol. The summed E-state index contributed by atoms with van der Waals surface area (Å²) < 4.78 is 17.1. The van der Waals surface area contributed by atoms with Crippen LogP contribution < -0.4 is 14.8 Å². The molecule has 6 nitrogen and oxygen atoms in total. The first-order valence-electron chi connectivity index (χ1n) is 9.92. The lowest BCUT2D eigenvalue weighted by atomic mass is 9.74. The number of methoxy groups -OCH3 is 1. The average molecular weight is 427 g/mol. The minimum absolute atomic E-state index is 0.0559. The van der Waals surface area contributed by atoms with Crippen LogP contribution in [0.1, 0.15) is 59.4 Å². The van der Waals surface area contributed by atoms with Crippen molar-refractivity contribution in [1.82, 2.24) is 10.3 Å². The molecule has 0 bridgehead atoms. The third-order valence-corrected chi connectivity index (χ3v) is 5.96. The number of ether oxygens (including phenoxy) is 2. The molecule has 158 valence electrons. The molecular formula is C23H26N2O4S. The lowest BCUT2D eigenvalue weighted by Gasteiger charge is -2.34. The van der Waals surface area contributed by atoms with Gasteiger partial charge in [0.25, 0.3) is 5.91 Å².